The predicted molar refractivity (Wildman–Crippen MR) is 107 cm³/mol. The van der Waals surface area contributed by atoms with Gasteiger partial charge < -0.3 is 15.4 Å². The second-order valence-corrected chi connectivity index (χ2v) is 6.88. The largest absolute Gasteiger partial charge is 0.435 e. The molecule has 2 aromatic carbocycles. The minimum atomic E-state index is -2.92. The average molecular weight is 404 g/mol. The number of halogens is 2. The lowest BCUT2D eigenvalue weighted by molar-refractivity contribution is -0.124. The third kappa shape index (κ3) is 6.55. The van der Waals surface area contributed by atoms with Gasteiger partial charge in [-0.1, -0.05) is 50.6 Å². The fourth-order valence-corrected chi connectivity index (χ4v) is 2.86. The van der Waals surface area contributed by atoms with Crippen molar-refractivity contribution in [2.75, 3.05) is 0 Å². The smallest absolute Gasteiger partial charge is 0.387 e. The Labute approximate surface area is 169 Å². The summed E-state index contributed by atoms with van der Waals surface area (Å²) < 4.78 is 29.3. The molecule has 7 heteroatoms. The number of ether oxygens (including phenoxy) is 1. The number of hydrogen-bond acceptors (Lipinski definition) is 3. The highest BCUT2D eigenvalue weighted by molar-refractivity contribution is 5.97. The Kier molecular flexibility index (Phi) is 8.12. The number of rotatable bonds is 9. The normalized spacial score (nSPS) is 14.0. The molecule has 156 valence electrons. The van der Waals surface area contributed by atoms with Gasteiger partial charge in [-0.2, -0.15) is 8.78 Å². The van der Waals surface area contributed by atoms with Crippen molar-refractivity contribution in [1.82, 2.24) is 10.6 Å². The third-order valence-corrected chi connectivity index (χ3v) is 4.76. The zero-order valence-electron chi connectivity index (χ0n) is 16.7. The number of carbonyl (C=O) groups is 2. The topological polar surface area (TPSA) is 67.4 Å². The molecule has 2 rings (SSSR count). The summed E-state index contributed by atoms with van der Waals surface area (Å²) in [7, 11) is 0. The quantitative estimate of drug-likeness (QED) is 0.654. The molecule has 0 fully saturated rings. The Hall–Kier alpha value is -2.96. The van der Waals surface area contributed by atoms with Gasteiger partial charge in [-0.15, -0.1) is 0 Å². The van der Waals surface area contributed by atoms with Gasteiger partial charge in [0.2, 0.25) is 5.91 Å². The molecule has 0 aliphatic carbocycles. The van der Waals surface area contributed by atoms with E-state index in [-0.39, 0.29) is 23.5 Å². The molecule has 0 aliphatic heterocycles. The van der Waals surface area contributed by atoms with Gasteiger partial charge in [-0.3, -0.25) is 9.59 Å². The molecule has 2 aromatic rings. The molecule has 3 unspecified atom stereocenters. The molecule has 2 amide bonds. The number of carbonyl (C=O) groups excluding carboxylic acids is 2. The summed E-state index contributed by atoms with van der Waals surface area (Å²) in [5.41, 5.74) is 1.09. The molecular formula is C22H26F2N2O3. The van der Waals surface area contributed by atoms with Crippen molar-refractivity contribution in [3.8, 4) is 5.75 Å². The third-order valence-electron chi connectivity index (χ3n) is 4.76. The van der Waals surface area contributed by atoms with E-state index in [4.69, 9.17) is 0 Å². The van der Waals surface area contributed by atoms with Crippen LogP contribution in [0.1, 0.15) is 49.2 Å². The van der Waals surface area contributed by atoms with Gasteiger partial charge in [0.25, 0.3) is 5.91 Å². The predicted octanol–water partition coefficient (Wildman–Crippen LogP) is 4.31. The van der Waals surface area contributed by atoms with Crippen molar-refractivity contribution in [3.63, 3.8) is 0 Å². The highest BCUT2D eigenvalue weighted by Crippen LogP contribution is 2.21. The summed E-state index contributed by atoms with van der Waals surface area (Å²) in [6, 6.07) is 13.7. The Bertz CT molecular complexity index is 815. The van der Waals surface area contributed by atoms with E-state index in [2.05, 4.69) is 15.4 Å². The molecule has 29 heavy (non-hydrogen) atoms. The lowest BCUT2D eigenvalue weighted by Gasteiger charge is -2.26. The van der Waals surface area contributed by atoms with Gasteiger partial charge in [-0.05, 0) is 42.7 Å². The maximum Gasteiger partial charge on any atom is 0.387 e. The van der Waals surface area contributed by atoms with Gasteiger partial charge in [0, 0.05) is 5.56 Å². The van der Waals surface area contributed by atoms with Gasteiger partial charge in [0.15, 0.2) is 0 Å². The Morgan fingerprint density at radius 1 is 1.00 bits per heavy atom. The number of hydrogen-bond donors (Lipinski definition) is 2. The average Bonchev–Trinajstić information content (AvgIpc) is 2.71. The van der Waals surface area contributed by atoms with E-state index in [0.717, 1.165) is 0 Å². The van der Waals surface area contributed by atoms with E-state index in [0.29, 0.717) is 17.5 Å². The zero-order chi connectivity index (χ0) is 21.4. The molecule has 0 spiro atoms. The highest BCUT2D eigenvalue weighted by atomic mass is 19.3. The van der Waals surface area contributed by atoms with Crippen LogP contribution in [-0.2, 0) is 4.79 Å². The van der Waals surface area contributed by atoms with Crippen LogP contribution in [0.5, 0.6) is 5.75 Å². The van der Waals surface area contributed by atoms with E-state index < -0.39 is 18.7 Å². The Morgan fingerprint density at radius 3 is 2.31 bits per heavy atom. The molecule has 0 saturated heterocycles. The van der Waals surface area contributed by atoms with Gasteiger partial charge in [-0.25, -0.2) is 0 Å². The fourth-order valence-electron chi connectivity index (χ4n) is 2.86. The molecule has 3 atom stereocenters. The van der Waals surface area contributed by atoms with Gasteiger partial charge in [0.1, 0.15) is 11.8 Å². The number of alkyl halides is 2. The minimum Gasteiger partial charge on any atom is -0.435 e. The maximum atomic E-state index is 12.9. The van der Waals surface area contributed by atoms with Crippen molar-refractivity contribution in [1.29, 1.82) is 0 Å². The molecule has 0 radical (unpaired) electrons. The first-order valence-electron chi connectivity index (χ1n) is 9.52. The lowest BCUT2D eigenvalue weighted by atomic mass is 9.97. The van der Waals surface area contributed by atoms with Crippen molar-refractivity contribution < 1.29 is 23.1 Å². The molecule has 0 heterocycles. The number of amides is 2. The van der Waals surface area contributed by atoms with Crippen molar-refractivity contribution in [3.05, 3.63) is 65.7 Å². The van der Waals surface area contributed by atoms with Crippen molar-refractivity contribution in [2.24, 2.45) is 5.92 Å². The summed E-state index contributed by atoms with van der Waals surface area (Å²) >= 11 is 0. The van der Waals surface area contributed by atoms with Crippen molar-refractivity contribution in [2.45, 2.75) is 45.9 Å². The summed E-state index contributed by atoms with van der Waals surface area (Å²) in [5, 5.41) is 5.66. The molecular weight excluding hydrogens is 378 g/mol. The Morgan fingerprint density at radius 2 is 1.69 bits per heavy atom. The van der Waals surface area contributed by atoms with E-state index in [1.54, 1.807) is 43.3 Å². The second kappa shape index (κ2) is 10.5. The van der Waals surface area contributed by atoms with Gasteiger partial charge in [0.05, 0.1) is 6.04 Å². The molecule has 0 aliphatic rings. The van der Waals surface area contributed by atoms with Crippen LogP contribution in [0, 0.1) is 5.92 Å². The molecule has 0 saturated carbocycles. The minimum absolute atomic E-state index is 0.0226. The fraction of sp³-hybridized carbons (Fsp3) is 0.364. The molecule has 2 N–H and O–H groups in total. The Balaban J connectivity index is 2.10. The standard InChI is InChI=1S/C22H26F2N2O3/c1-4-14(2)19(26-20(27)16-9-6-5-7-10-16)21(28)25-15(3)17-11-8-12-18(13-17)29-22(23)24/h5-15,19,22H,4H2,1-3H3,(H,25,28)(H,26,27). The first kappa shape index (κ1) is 22.3. The summed E-state index contributed by atoms with van der Waals surface area (Å²) in [4.78, 5) is 25.4. The zero-order valence-corrected chi connectivity index (χ0v) is 16.7. The van der Waals surface area contributed by atoms with Crippen LogP contribution < -0.4 is 15.4 Å². The SMILES string of the molecule is CCC(C)C(NC(=O)c1ccccc1)C(=O)NC(C)c1cccc(OC(F)F)c1. The van der Waals surface area contributed by atoms with E-state index in [1.165, 1.54) is 12.1 Å². The number of nitrogens with one attached hydrogen (secondary N) is 2. The van der Waals surface area contributed by atoms with Crippen LogP contribution in [0.25, 0.3) is 0 Å². The summed E-state index contributed by atoms with van der Waals surface area (Å²) in [6.45, 7) is 2.65. The van der Waals surface area contributed by atoms with Crippen LogP contribution >= 0.6 is 0 Å². The van der Waals surface area contributed by atoms with Gasteiger partial charge >= 0.3 is 6.61 Å². The monoisotopic (exact) mass is 404 g/mol. The van der Waals surface area contributed by atoms with E-state index in [1.807, 2.05) is 19.9 Å². The van der Waals surface area contributed by atoms with Crippen molar-refractivity contribution >= 4 is 11.8 Å². The second-order valence-electron chi connectivity index (χ2n) is 6.88. The number of benzene rings is 2. The summed E-state index contributed by atoms with van der Waals surface area (Å²) in [6.07, 6.45) is 0.694. The van der Waals surface area contributed by atoms with Crippen LogP contribution in [0.3, 0.4) is 0 Å². The van der Waals surface area contributed by atoms with Crippen LogP contribution in [0.2, 0.25) is 0 Å². The van der Waals surface area contributed by atoms with E-state index >= 15 is 0 Å². The highest BCUT2D eigenvalue weighted by Gasteiger charge is 2.27. The van der Waals surface area contributed by atoms with Crippen LogP contribution in [0.15, 0.2) is 54.6 Å². The molecule has 0 bridgehead atoms. The maximum absolute atomic E-state index is 12.9. The summed E-state index contributed by atoms with van der Waals surface area (Å²) in [5.74, 6) is -0.736. The molecule has 0 aromatic heterocycles. The van der Waals surface area contributed by atoms with E-state index in [9.17, 15) is 18.4 Å². The first-order chi connectivity index (χ1) is 13.8. The van der Waals surface area contributed by atoms with Crippen LogP contribution in [0.4, 0.5) is 8.78 Å². The first-order valence-corrected chi connectivity index (χ1v) is 9.52. The van der Waals surface area contributed by atoms with Crippen LogP contribution in [-0.4, -0.2) is 24.5 Å². The molecule has 5 nitrogen and oxygen atoms in total. The lowest BCUT2D eigenvalue weighted by Crippen LogP contribution is -2.50.